The van der Waals surface area contributed by atoms with Gasteiger partial charge in [-0.05, 0) is 44.5 Å². The molecule has 0 bridgehead atoms. The Balaban J connectivity index is 1.73. The highest BCUT2D eigenvalue weighted by Gasteiger charge is 2.24. The second-order valence-corrected chi connectivity index (χ2v) is 6.89. The number of carbonyl (C=O) groups excluding carboxylic acids is 1. The van der Waals surface area contributed by atoms with Gasteiger partial charge in [-0.15, -0.1) is 0 Å². The molecule has 0 saturated carbocycles. The number of amides is 1. The Morgan fingerprint density at radius 1 is 1.26 bits per heavy atom. The van der Waals surface area contributed by atoms with E-state index in [-0.39, 0.29) is 5.91 Å². The van der Waals surface area contributed by atoms with E-state index in [2.05, 4.69) is 0 Å². The van der Waals surface area contributed by atoms with Gasteiger partial charge in [-0.2, -0.15) is 0 Å². The fraction of sp³-hybridized carbons (Fsp3) is 0.381. The van der Waals surface area contributed by atoms with Gasteiger partial charge in [0.2, 0.25) is 0 Å². The molecule has 1 amide bonds. The molecule has 6 heteroatoms. The molecule has 1 heterocycles. The van der Waals surface area contributed by atoms with Crippen molar-refractivity contribution in [1.82, 2.24) is 4.90 Å². The summed E-state index contributed by atoms with van der Waals surface area (Å²) in [6, 6.07) is 11.2. The molecular weight excluding hydrogens is 366 g/mol. The maximum atomic E-state index is 12.9. The molecule has 1 aliphatic heterocycles. The summed E-state index contributed by atoms with van der Waals surface area (Å²) < 4.78 is 17.2. The number of rotatable bonds is 6. The molecule has 144 valence electrons. The highest BCUT2D eigenvalue weighted by molar-refractivity contribution is 6.32. The Labute approximate surface area is 164 Å². The van der Waals surface area contributed by atoms with Crippen molar-refractivity contribution >= 4 is 17.5 Å². The number of aryl methyl sites for hydroxylation is 1. The van der Waals surface area contributed by atoms with Crippen molar-refractivity contribution in [2.45, 2.75) is 33.4 Å². The van der Waals surface area contributed by atoms with E-state index in [1.165, 1.54) is 0 Å². The van der Waals surface area contributed by atoms with E-state index in [4.69, 9.17) is 25.8 Å². The molecule has 3 rings (SSSR count). The van der Waals surface area contributed by atoms with Crippen LogP contribution in [0.2, 0.25) is 5.02 Å². The number of carbonyl (C=O) groups is 1. The van der Waals surface area contributed by atoms with Crippen LogP contribution in [0.1, 0.15) is 25.0 Å². The highest BCUT2D eigenvalue weighted by atomic mass is 35.5. The molecule has 0 radical (unpaired) electrons. The number of nitrogens with zero attached hydrogens (tertiary/aromatic N) is 1. The largest absolute Gasteiger partial charge is 0.486 e. The molecule has 0 fully saturated rings. The summed E-state index contributed by atoms with van der Waals surface area (Å²) in [5.41, 5.74) is 1.94. The zero-order valence-electron chi connectivity index (χ0n) is 15.8. The van der Waals surface area contributed by atoms with Gasteiger partial charge in [0, 0.05) is 18.7 Å². The van der Waals surface area contributed by atoms with Crippen molar-refractivity contribution in [3.63, 3.8) is 0 Å². The zero-order chi connectivity index (χ0) is 19.4. The van der Waals surface area contributed by atoms with Gasteiger partial charge in [0.05, 0.1) is 5.02 Å². The van der Waals surface area contributed by atoms with E-state index >= 15 is 0 Å². The average Bonchev–Trinajstić information content (AvgIpc) is 2.68. The maximum Gasteiger partial charge on any atom is 0.263 e. The van der Waals surface area contributed by atoms with E-state index in [0.717, 1.165) is 16.9 Å². The summed E-state index contributed by atoms with van der Waals surface area (Å²) in [5.74, 6) is 1.84. The second kappa shape index (κ2) is 8.53. The van der Waals surface area contributed by atoms with Crippen molar-refractivity contribution < 1.29 is 19.0 Å². The van der Waals surface area contributed by atoms with Crippen molar-refractivity contribution in [1.29, 1.82) is 0 Å². The first-order chi connectivity index (χ1) is 13.0. The highest BCUT2D eigenvalue weighted by Crippen LogP contribution is 2.34. The number of likely N-dealkylation sites (N-methyl/N-ethyl adjacent to an activating group) is 1. The quantitative estimate of drug-likeness (QED) is 0.741. The molecule has 0 aliphatic carbocycles. The van der Waals surface area contributed by atoms with Crippen LogP contribution in [0.15, 0.2) is 36.4 Å². The Morgan fingerprint density at radius 2 is 2.04 bits per heavy atom. The predicted molar refractivity (Wildman–Crippen MR) is 105 cm³/mol. The fourth-order valence-corrected chi connectivity index (χ4v) is 3.17. The summed E-state index contributed by atoms with van der Waals surface area (Å²) in [6.45, 7) is 7.66. The van der Waals surface area contributed by atoms with Crippen LogP contribution in [0, 0.1) is 6.92 Å². The molecule has 0 N–H and O–H groups in total. The maximum absolute atomic E-state index is 12.9. The van der Waals surface area contributed by atoms with Crippen LogP contribution in [0.25, 0.3) is 0 Å². The lowest BCUT2D eigenvalue weighted by atomic mass is 10.1. The van der Waals surface area contributed by atoms with Crippen molar-refractivity contribution in [3.05, 3.63) is 52.5 Å². The third kappa shape index (κ3) is 4.48. The fourth-order valence-electron chi connectivity index (χ4n) is 3.01. The molecule has 27 heavy (non-hydrogen) atoms. The molecule has 1 unspecified atom stereocenters. The van der Waals surface area contributed by atoms with Crippen LogP contribution < -0.4 is 14.2 Å². The minimum atomic E-state index is -0.652. The molecule has 0 aromatic heterocycles. The summed E-state index contributed by atoms with van der Waals surface area (Å²) in [6.07, 6.45) is -0.652. The smallest absolute Gasteiger partial charge is 0.263 e. The molecule has 1 aliphatic rings. The lowest BCUT2D eigenvalue weighted by molar-refractivity contribution is -0.138. The lowest BCUT2D eigenvalue weighted by Crippen LogP contribution is -2.40. The standard InChI is InChI=1S/C21H24ClNO4/c1-4-23(13-16-6-5-7-18-20(16)26-11-10-25-18)21(24)15(3)27-19-12-14(2)8-9-17(19)22/h5-9,12,15H,4,10-11,13H2,1-3H3. The van der Waals surface area contributed by atoms with E-state index in [1.54, 1.807) is 17.9 Å². The number of hydrogen-bond acceptors (Lipinski definition) is 4. The molecule has 2 aromatic rings. The van der Waals surface area contributed by atoms with Crippen LogP contribution in [0.3, 0.4) is 0 Å². The van der Waals surface area contributed by atoms with Crippen LogP contribution in [0.4, 0.5) is 0 Å². The number of fused-ring (bicyclic) bond motifs is 1. The first kappa shape index (κ1) is 19.4. The average molecular weight is 390 g/mol. The number of hydrogen-bond donors (Lipinski definition) is 0. The van der Waals surface area contributed by atoms with E-state index < -0.39 is 6.10 Å². The van der Waals surface area contributed by atoms with Crippen LogP contribution in [0.5, 0.6) is 17.2 Å². The van der Waals surface area contributed by atoms with E-state index in [0.29, 0.717) is 42.8 Å². The number of halogens is 1. The summed E-state index contributed by atoms with van der Waals surface area (Å²) in [7, 11) is 0. The second-order valence-electron chi connectivity index (χ2n) is 6.49. The predicted octanol–water partition coefficient (Wildman–Crippen LogP) is 4.24. The molecule has 0 saturated heterocycles. The van der Waals surface area contributed by atoms with Crippen LogP contribution >= 0.6 is 11.6 Å². The number of ether oxygens (including phenoxy) is 3. The third-order valence-corrected chi connectivity index (χ3v) is 4.75. The first-order valence-electron chi connectivity index (χ1n) is 9.08. The van der Waals surface area contributed by atoms with Crippen LogP contribution in [-0.2, 0) is 11.3 Å². The Morgan fingerprint density at radius 3 is 2.81 bits per heavy atom. The molecule has 1 atom stereocenters. The Hall–Kier alpha value is -2.40. The topological polar surface area (TPSA) is 48.0 Å². The Kier molecular flexibility index (Phi) is 6.11. The van der Waals surface area contributed by atoms with E-state index in [1.807, 2.05) is 44.2 Å². The summed E-state index contributed by atoms with van der Waals surface area (Å²) in [4.78, 5) is 14.7. The molecule has 5 nitrogen and oxygen atoms in total. The van der Waals surface area contributed by atoms with Crippen LogP contribution in [-0.4, -0.2) is 36.7 Å². The van der Waals surface area contributed by atoms with Gasteiger partial charge in [-0.25, -0.2) is 0 Å². The monoisotopic (exact) mass is 389 g/mol. The Bertz CT molecular complexity index is 824. The normalized spacial score (nSPS) is 13.8. The van der Waals surface area contributed by atoms with Gasteiger partial charge >= 0.3 is 0 Å². The van der Waals surface area contributed by atoms with Crippen molar-refractivity contribution in [3.8, 4) is 17.2 Å². The van der Waals surface area contributed by atoms with Crippen molar-refractivity contribution in [2.24, 2.45) is 0 Å². The summed E-state index contributed by atoms with van der Waals surface area (Å²) in [5, 5.41) is 0.492. The lowest BCUT2D eigenvalue weighted by Gasteiger charge is -2.27. The minimum absolute atomic E-state index is 0.107. The molecular formula is C21H24ClNO4. The molecule has 2 aromatic carbocycles. The summed E-state index contributed by atoms with van der Waals surface area (Å²) >= 11 is 6.19. The van der Waals surface area contributed by atoms with Gasteiger partial charge in [0.1, 0.15) is 19.0 Å². The van der Waals surface area contributed by atoms with Gasteiger partial charge in [0.15, 0.2) is 17.6 Å². The number of benzene rings is 2. The number of para-hydroxylation sites is 1. The van der Waals surface area contributed by atoms with Gasteiger partial charge in [-0.1, -0.05) is 29.8 Å². The zero-order valence-corrected chi connectivity index (χ0v) is 16.6. The minimum Gasteiger partial charge on any atom is -0.486 e. The third-order valence-electron chi connectivity index (χ3n) is 4.44. The first-order valence-corrected chi connectivity index (χ1v) is 9.46. The van der Waals surface area contributed by atoms with Gasteiger partial charge < -0.3 is 19.1 Å². The van der Waals surface area contributed by atoms with E-state index in [9.17, 15) is 4.79 Å². The molecule has 0 spiro atoms. The van der Waals surface area contributed by atoms with Gasteiger partial charge in [-0.3, -0.25) is 4.79 Å². The SMILES string of the molecule is CCN(Cc1cccc2c1OCCO2)C(=O)C(C)Oc1cc(C)ccc1Cl. The van der Waals surface area contributed by atoms with Gasteiger partial charge in [0.25, 0.3) is 5.91 Å². The van der Waals surface area contributed by atoms with Crippen molar-refractivity contribution in [2.75, 3.05) is 19.8 Å².